The number of amides is 1. The van der Waals surface area contributed by atoms with Crippen LogP contribution in [0.25, 0.3) is 5.57 Å². The van der Waals surface area contributed by atoms with Gasteiger partial charge in [0, 0.05) is 30.5 Å². The number of benzene rings is 1. The van der Waals surface area contributed by atoms with Gasteiger partial charge in [0.15, 0.2) is 0 Å². The fourth-order valence-corrected chi connectivity index (χ4v) is 4.17. The monoisotopic (exact) mass is 370 g/mol. The van der Waals surface area contributed by atoms with E-state index in [-0.39, 0.29) is 5.91 Å². The first kappa shape index (κ1) is 18.0. The van der Waals surface area contributed by atoms with Crippen LogP contribution in [-0.4, -0.2) is 28.2 Å². The van der Waals surface area contributed by atoms with E-state index in [4.69, 9.17) is 12.2 Å². The van der Waals surface area contributed by atoms with Crippen molar-refractivity contribution in [1.29, 1.82) is 0 Å². The van der Waals surface area contributed by atoms with Gasteiger partial charge in [-0.05, 0) is 37.1 Å². The molecule has 0 bridgehead atoms. The molecule has 0 atom stereocenters. The number of nitrogens with zero attached hydrogens (tertiary/aromatic N) is 2. The highest BCUT2D eigenvalue weighted by Crippen LogP contribution is 2.34. The van der Waals surface area contributed by atoms with Crippen LogP contribution in [0.1, 0.15) is 32.3 Å². The molecule has 25 heavy (non-hydrogen) atoms. The van der Waals surface area contributed by atoms with E-state index in [0.29, 0.717) is 15.8 Å². The molecule has 0 saturated carbocycles. The predicted molar refractivity (Wildman–Crippen MR) is 111 cm³/mol. The van der Waals surface area contributed by atoms with Crippen LogP contribution in [0.3, 0.4) is 0 Å². The van der Waals surface area contributed by atoms with Gasteiger partial charge in [0.05, 0.1) is 4.91 Å². The Morgan fingerprint density at radius 2 is 2.00 bits per heavy atom. The lowest BCUT2D eigenvalue weighted by molar-refractivity contribution is -0.122. The van der Waals surface area contributed by atoms with E-state index in [1.807, 2.05) is 18.2 Å². The highest BCUT2D eigenvalue weighted by Gasteiger charge is 2.31. The number of hydrogen-bond donors (Lipinski definition) is 0. The lowest BCUT2D eigenvalue weighted by Gasteiger charge is -2.26. The van der Waals surface area contributed by atoms with E-state index in [0.717, 1.165) is 25.0 Å². The first-order chi connectivity index (χ1) is 12.2. The summed E-state index contributed by atoms with van der Waals surface area (Å²) in [6, 6.07) is 8.34. The highest BCUT2D eigenvalue weighted by atomic mass is 32.2. The summed E-state index contributed by atoms with van der Waals surface area (Å²) in [4.78, 5) is 17.2. The van der Waals surface area contributed by atoms with Gasteiger partial charge in [0.2, 0.25) is 0 Å². The molecule has 2 aliphatic heterocycles. The Morgan fingerprint density at radius 3 is 2.76 bits per heavy atom. The van der Waals surface area contributed by atoms with Crippen molar-refractivity contribution in [3.63, 3.8) is 0 Å². The second kappa shape index (κ2) is 8.02. The second-order valence-corrected chi connectivity index (χ2v) is 7.63. The van der Waals surface area contributed by atoms with E-state index >= 15 is 0 Å². The molecule has 0 unspecified atom stereocenters. The predicted octanol–water partition coefficient (Wildman–Crippen LogP) is 4.97. The maximum atomic E-state index is 12.5. The maximum Gasteiger partial charge on any atom is 0.266 e. The average Bonchev–Trinajstić information content (AvgIpc) is 2.91. The summed E-state index contributed by atoms with van der Waals surface area (Å²) in [7, 11) is 0. The minimum atomic E-state index is 0.0311. The SMILES string of the molecule is CCCCN1C(=O)/C(=C/C=C2\C=CN(CC)c3ccccc32)SC1=S. The summed E-state index contributed by atoms with van der Waals surface area (Å²) in [5.41, 5.74) is 3.49. The third kappa shape index (κ3) is 3.72. The third-order valence-corrected chi connectivity index (χ3v) is 5.72. The van der Waals surface area contributed by atoms with Crippen molar-refractivity contribution in [3.8, 4) is 0 Å². The topological polar surface area (TPSA) is 23.6 Å². The van der Waals surface area contributed by atoms with Crippen LogP contribution in [0.4, 0.5) is 5.69 Å². The van der Waals surface area contributed by atoms with Crippen LogP contribution in [0.15, 0.2) is 53.6 Å². The molecule has 0 aromatic heterocycles. The van der Waals surface area contributed by atoms with Crippen LogP contribution in [0.5, 0.6) is 0 Å². The lowest BCUT2D eigenvalue weighted by Crippen LogP contribution is -2.28. The summed E-state index contributed by atoms with van der Waals surface area (Å²) in [6.45, 7) is 5.89. The first-order valence-electron chi connectivity index (χ1n) is 8.65. The van der Waals surface area contributed by atoms with E-state index in [9.17, 15) is 4.79 Å². The van der Waals surface area contributed by atoms with Crippen LogP contribution in [-0.2, 0) is 4.79 Å². The normalized spacial score (nSPS) is 20.1. The molecule has 0 N–H and O–H groups in total. The molecule has 0 spiro atoms. The van der Waals surface area contributed by atoms with Gasteiger partial charge in [0.1, 0.15) is 4.32 Å². The van der Waals surface area contributed by atoms with Crippen molar-refractivity contribution in [3.05, 3.63) is 59.2 Å². The molecule has 3 nitrogen and oxygen atoms in total. The summed E-state index contributed by atoms with van der Waals surface area (Å²) >= 11 is 6.76. The summed E-state index contributed by atoms with van der Waals surface area (Å²) in [5, 5.41) is 0. The summed E-state index contributed by atoms with van der Waals surface area (Å²) in [5.74, 6) is 0.0311. The molecule has 1 aromatic rings. The van der Waals surface area contributed by atoms with Gasteiger partial charge in [-0.15, -0.1) is 0 Å². The number of anilines is 1. The molecule has 5 heteroatoms. The Labute approximate surface area is 159 Å². The first-order valence-corrected chi connectivity index (χ1v) is 9.88. The Bertz CT molecular complexity index is 780. The zero-order valence-corrected chi connectivity index (χ0v) is 16.2. The van der Waals surface area contributed by atoms with Crippen LogP contribution in [0.2, 0.25) is 0 Å². The number of carbonyl (C=O) groups excluding carboxylic acids is 1. The van der Waals surface area contributed by atoms with Crippen molar-refractivity contribution < 1.29 is 4.79 Å². The number of rotatable bonds is 5. The number of thioether (sulfide) groups is 1. The minimum Gasteiger partial charge on any atom is -0.348 e. The number of thiocarbonyl (C=S) groups is 1. The smallest absolute Gasteiger partial charge is 0.266 e. The standard InChI is InChI=1S/C20H22N2OS2/c1-3-5-13-22-19(23)18(25-20(22)24)11-10-15-12-14-21(4-2)17-9-7-6-8-16(15)17/h6-12,14H,3-5,13H2,1-2H3/b15-10+,18-11-. The Morgan fingerprint density at radius 1 is 1.20 bits per heavy atom. The van der Waals surface area contributed by atoms with Gasteiger partial charge in [-0.3, -0.25) is 9.69 Å². The number of fused-ring (bicyclic) bond motifs is 1. The van der Waals surface area contributed by atoms with Gasteiger partial charge >= 0.3 is 0 Å². The van der Waals surface area contributed by atoms with Crippen molar-refractivity contribution in [2.45, 2.75) is 26.7 Å². The van der Waals surface area contributed by atoms with E-state index < -0.39 is 0 Å². The Kier molecular flexibility index (Phi) is 5.76. The Hall–Kier alpha value is -1.85. The molecule has 2 aliphatic rings. The lowest BCUT2D eigenvalue weighted by atomic mass is 9.99. The van der Waals surface area contributed by atoms with Crippen molar-refractivity contribution in [2.24, 2.45) is 0 Å². The van der Waals surface area contributed by atoms with Crippen molar-refractivity contribution in [1.82, 2.24) is 4.90 Å². The van der Waals surface area contributed by atoms with Crippen LogP contribution >= 0.6 is 24.0 Å². The molecule has 3 rings (SSSR count). The molecular weight excluding hydrogens is 348 g/mol. The van der Waals surface area contributed by atoms with E-state index in [1.54, 1.807) is 4.90 Å². The fraction of sp³-hybridized carbons (Fsp3) is 0.300. The maximum absolute atomic E-state index is 12.5. The summed E-state index contributed by atoms with van der Waals surface area (Å²) < 4.78 is 0.667. The Balaban J connectivity index is 1.86. The molecular formula is C20H22N2OS2. The van der Waals surface area contributed by atoms with Crippen molar-refractivity contribution >= 4 is 45.5 Å². The largest absolute Gasteiger partial charge is 0.348 e. The number of hydrogen-bond acceptors (Lipinski definition) is 4. The molecule has 1 aromatic carbocycles. The van der Waals surface area contributed by atoms with E-state index in [2.05, 4.69) is 49.2 Å². The number of carbonyl (C=O) groups is 1. The zero-order valence-electron chi connectivity index (χ0n) is 14.6. The quantitative estimate of drug-likeness (QED) is 0.539. The van der Waals surface area contributed by atoms with Gasteiger partial charge in [-0.1, -0.05) is 61.6 Å². The number of para-hydroxylation sites is 1. The highest BCUT2D eigenvalue weighted by molar-refractivity contribution is 8.26. The van der Waals surface area contributed by atoms with Gasteiger partial charge in [-0.2, -0.15) is 0 Å². The zero-order chi connectivity index (χ0) is 17.8. The van der Waals surface area contributed by atoms with Crippen LogP contribution < -0.4 is 4.90 Å². The number of unbranched alkanes of at least 4 members (excludes halogenated alkanes) is 1. The van der Waals surface area contributed by atoms with Gasteiger partial charge in [-0.25, -0.2) is 0 Å². The molecule has 1 saturated heterocycles. The fourth-order valence-electron chi connectivity index (χ4n) is 2.92. The molecule has 0 radical (unpaired) electrons. The second-order valence-electron chi connectivity index (χ2n) is 5.95. The van der Waals surface area contributed by atoms with Crippen LogP contribution in [0, 0.1) is 0 Å². The van der Waals surface area contributed by atoms with Gasteiger partial charge in [0.25, 0.3) is 5.91 Å². The molecule has 2 heterocycles. The van der Waals surface area contributed by atoms with Crippen molar-refractivity contribution in [2.75, 3.05) is 18.0 Å². The molecule has 1 fully saturated rings. The minimum absolute atomic E-state index is 0.0311. The van der Waals surface area contributed by atoms with E-state index in [1.165, 1.54) is 23.0 Å². The van der Waals surface area contributed by atoms with Gasteiger partial charge < -0.3 is 4.90 Å². The average molecular weight is 371 g/mol. The molecule has 130 valence electrons. The molecule has 1 amide bonds. The third-order valence-electron chi connectivity index (χ3n) is 4.32. The summed E-state index contributed by atoms with van der Waals surface area (Å²) in [6.07, 6.45) is 10.1. The number of allylic oxidation sites excluding steroid dienone is 4. The molecule has 0 aliphatic carbocycles.